The molecule has 1 aromatic carbocycles. The lowest BCUT2D eigenvalue weighted by molar-refractivity contribution is -0.120. The second kappa shape index (κ2) is 6.56. The van der Waals surface area contributed by atoms with Crippen LogP contribution in [0.5, 0.6) is 0 Å². The van der Waals surface area contributed by atoms with E-state index in [0.29, 0.717) is 24.6 Å². The Labute approximate surface area is 157 Å². The van der Waals surface area contributed by atoms with Crippen LogP contribution in [0.2, 0.25) is 0 Å². The number of carbonyl (C=O) groups is 1. The Morgan fingerprint density at radius 2 is 2.12 bits per heavy atom. The van der Waals surface area contributed by atoms with Crippen molar-refractivity contribution in [3.05, 3.63) is 24.3 Å². The van der Waals surface area contributed by atoms with E-state index in [1.807, 2.05) is 38.1 Å². The third-order valence-corrected chi connectivity index (χ3v) is 7.82. The van der Waals surface area contributed by atoms with Gasteiger partial charge in [-0.1, -0.05) is 37.3 Å². The number of carbonyl (C=O) groups excluding carboxylic acids is 1. The van der Waals surface area contributed by atoms with Gasteiger partial charge in [0.05, 0.1) is 28.2 Å². The van der Waals surface area contributed by atoms with E-state index in [9.17, 15) is 13.2 Å². The molecule has 3 atom stereocenters. The van der Waals surface area contributed by atoms with Gasteiger partial charge in [0.1, 0.15) is 0 Å². The lowest BCUT2D eigenvalue weighted by atomic mass is 10.0. The first-order valence-corrected chi connectivity index (χ1v) is 11.1. The summed E-state index contributed by atoms with van der Waals surface area (Å²) in [6.45, 7) is 4.57. The molecule has 2 saturated heterocycles. The topological polar surface area (TPSA) is 82.6 Å². The normalized spacial score (nSPS) is 26.8. The molecule has 2 aliphatic heterocycles. The molecule has 2 aromatic rings. The van der Waals surface area contributed by atoms with E-state index in [4.69, 9.17) is 0 Å². The zero-order chi connectivity index (χ0) is 18.5. The molecule has 3 heterocycles. The molecule has 1 aromatic heterocycles. The van der Waals surface area contributed by atoms with Crippen LogP contribution >= 0.6 is 11.3 Å². The average molecular weight is 395 g/mol. The van der Waals surface area contributed by atoms with Crippen molar-refractivity contribution in [2.45, 2.75) is 38.8 Å². The number of nitrogens with zero attached hydrogens (tertiary/aromatic N) is 3. The lowest BCUT2D eigenvalue weighted by Crippen LogP contribution is -2.47. The number of hydrogen-bond donors (Lipinski definition) is 1. The number of thiazole rings is 1. The first kappa shape index (κ1) is 17.8. The van der Waals surface area contributed by atoms with Crippen LogP contribution in [0.15, 0.2) is 24.3 Å². The molecule has 0 spiro atoms. The Bertz CT molecular complexity index is 909. The van der Waals surface area contributed by atoms with Gasteiger partial charge in [0.15, 0.2) is 5.13 Å². The third kappa shape index (κ3) is 2.74. The second-order valence-electron chi connectivity index (χ2n) is 6.82. The predicted molar refractivity (Wildman–Crippen MR) is 102 cm³/mol. The highest BCUT2D eigenvalue weighted by Gasteiger charge is 2.55. The van der Waals surface area contributed by atoms with Crippen LogP contribution in [0.25, 0.3) is 10.2 Å². The van der Waals surface area contributed by atoms with Crippen LogP contribution in [0.4, 0.5) is 5.13 Å². The molecule has 3 unspecified atom stereocenters. The minimum Gasteiger partial charge on any atom is -0.283 e. The molecule has 26 heavy (non-hydrogen) atoms. The maximum absolute atomic E-state index is 12.9. The molecule has 7 nitrogen and oxygen atoms in total. The zero-order valence-corrected chi connectivity index (χ0v) is 16.4. The van der Waals surface area contributed by atoms with Crippen LogP contribution in [-0.4, -0.2) is 48.8 Å². The quantitative estimate of drug-likeness (QED) is 0.840. The maximum Gasteiger partial charge on any atom is 0.279 e. The Morgan fingerprint density at radius 3 is 2.85 bits per heavy atom. The highest BCUT2D eigenvalue weighted by atomic mass is 32.2. The van der Waals surface area contributed by atoms with Crippen molar-refractivity contribution in [3.8, 4) is 0 Å². The molecule has 1 amide bonds. The molecule has 1 N–H and O–H groups in total. The molecule has 2 aliphatic rings. The van der Waals surface area contributed by atoms with Crippen molar-refractivity contribution >= 4 is 42.8 Å². The number of para-hydroxylation sites is 1. The van der Waals surface area contributed by atoms with E-state index in [-0.39, 0.29) is 23.9 Å². The summed E-state index contributed by atoms with van der Waals surface area (Å²) in [6.07, 6.45) is 1.36. The van der Waals surface area contributed by atoms with Gasteiger partial charge in [0.25, 0.3) is 10.2 Å². The fourth-order valence-electron chi connectivity index (χ4n) is 3.96. The van der Waals surface area contributed by atoms with Crippen LogP contribution in [0.3, 0.4) is 0 Å². The van der Waals surface area contributed by atoms with Gasteiger partial charge in [0, 0.05) is 13.1 Å². The Balaban J connectivity index is 1.67. The van der Waals surface area contributed by atoms with Gasteiger partial charge in [-0.05, 0) is 25.0 Å². The van der Waals surface area contributed by atoms with E-state index < -0.39 is 10.2 Å². The van der Waals surface area contributed by atoms with Gasteiger partial charge in [0.2, 0.25) is 5.91 Å². The number of anilines is 1. The Morgan fingerprint density at radius 1 is 1.35 bits per heavy atom. The Hall–Kier alpha value is -1.55. The van der Waals surface area contributed by atoms with Gasteiger partial charge in [-0.3, -0.25) is 9.69 Å². The van der Waals surface area contributed by atoms with Gasteiger partial charge >= 0.3 is 0 Å². The van der Waals surface area contributed by atoms with Gasteiger partial charge in [-0.25, -0.2) is 9.71 Å². The summed E-state index contributed by atoms with van der Waals surface area (Å²) in [5.74, 6) is -0.429. The second-order valence-corrected chi connectivity index (χ2v) is 9.53. The van der Waals surface area contributed by atoms with E-state index in [2.05, 4.69) is 9.71 Å². The molecule has 0 aliphatic carbocycles. The van der Waals surface area contributed by atoms with Gasteiger partial charge in [-0.2, -0.15) is 12.7 Å². The number of benzene rings is 1. The number of aromatic nitrogens is 1. The Kier molecular flexibility index (Phi) is 4.50. The predicted octanol–water partition coefficient (Wildman–Crippen LogP) is 1.97. The maximum atomic E-state index is 12.9. The summed E-state index contributed by atoms with van der Waals surface area (Å²) in [7, 11) is -3.58. The molecule has 0 bridgehead atoms. The summed E-state index contributed by atoms with van der Waals surface area (Å²) in [5, 5.41) is 0.663. The molecule has 4 rings (SSSR count). The number of fused-ring (bicyclic) bond motifs is 2. The first-order valence-electron chi connectivity index (χ1n) is 8.89. The van der Waals surface area contributed by atoms with E-state index in [1.54, 1.807) is 4.90 Å². The minimum atomic E-state index is -3.58. The molecule has 9 heteroatoms. The highest BCUT2D eigenvalue weighted by molar-refractivity contribution is 7.87. The van der Waals surface area contributed by atoms with Crippen molar-refractivity contribution in [1.29, 1.82) is 0 Å². The smallest absolute Gasteiger partial charge is 0.279 e. The van der Waals surface area contributed by atoms with Crippen LogP contribution in [0, 0.1) is 5.92 Å². The van der Waals surface area contributed by atoms with E-state index in [1.165, 1.54) is 15.6 Å². The molecular formula is C17H22N4O3S2. The molecule has 0 radical (unpaired) electrons. The standard InChI is InChI=1S/C17H22N4O3S2/c1-3-9-18-26(23,24)20-10-8-13-15(20)11(2)16(22)21(13)17-19-12-6-4-5-7-14(12)25-17/h4-7,11,13,15,18H,3,8-10H2,1-2H3. The van der Waals surface area contributed by atoms with E-state index in [0.717, 1.165) is 16.6 Å². The number of rotatable bonds is 5. The zero-order valence-electron chi connectivity index (χ0n) is 14.8. The fourth-order valence-corrected chi connectivity index (χ4v) is 6.60. The summed E-state index contributed by atoms with van der Waals surface area (Å²) in [6, 6.07) is 7.28. The summed E-state index contributed by atoms with van der Waals surface area (Å²) >= 11 is 1.48. The van der Waals surface area contributed by atoms with Crippen LogP contribution in [0.1, 0.15) is 26.7 Å². The van der Waals surface area contributed by atoms with Crippen molar-refractivity contribution in [2.75, 3.05) is 18.0 Å². The molecule has 140 valence electrons. The van der Waals surface area contributed by atoms with E-state index >= 15 is 0 Å². The van der Waals surface area contributed by atoms with Gasteiger partial charge < -0.3 is 0 Å². The number of amides is 1. The average Bonchev–Trinajstić information content (AvgIpc) is 3.29. The monoisotopic (exact) mass is 394 g/mol. The summed E-state index contributed by atoms with van der Waals surface area (Å²) in [4.78, 5) is 19.3. The number of hydrogen-bond acceptors (Lipinski definition) is 5. The molecular weight excluding hydrogens is 372 g/mol. The van der Waals surface area contributed by atoms with Crippen LogP contribution in [-0.2, 0) is 15.0 Å². The third-order valence-electron chi connectivity index (χ3n) is 5.17. The fraction of sp³-hybridized carbons (Fsp3) is 0.529. The minimum absolute atomic E-state index is 0.0468. The van der Waals surface area contributed by atoms with Crippen molar-refractivity contribution < 1.29 is 13.2 Å². The highest BCUT2D eigenvalue weighted by Crippen LogP contribution is 2.42. The largest absolute Gasteiger partial charge is 0.283 e. The van der Waals surface area contributed by atoms with Crippen molar-refractivity contribution in [1.82, 2.24) is 14.0 Å². The summed E-state index contributed by atoms with van der Waals surface area (Å²) < 4.78 is 30.4. The molecule has 0 saturated carbocycles. The van der Waals surface area contributed by atoms with Crippen molar-refractivity contribution in [2.24, 2.45) is 5.92 Å². The van der Waals surface area contributed by atoms with Crippen LogP contribution < -0.4 is 9.62 Å². The van der Waals surface area contributed by atoms with Crippen molar-refractivity contribution in [3.63, 3.8) is 0 Å². The lowest BCUT2D eigenvalue weighted by Gasteiger charge is -2.25. The first-order chi connectivity index (χ1) is 12.4. The summed E-state index contributed by atoms with van der Waals surface area (Å²) in [5.41, 5.74) is 0.864. The number of nitrogens with one attached hydrogen (secondary N) is 1. The SMILES string of the molecule is CCCNS(=O)(=O)N1CCC2C1C(C)C(=O)N2c1nc2ccccc2s1. The molecule has 2 fully saturated rings. The van der Waals surface area contributed by atoms with Gasteiger partial charge in [-0.15, -0.1) is 0 Å².